The maximum absolute atomic E-state index is 12.5. The van der Waals surface area contributed by atoms with Gasteiger partial charge in [-0.3, -0.25) is 0 Å². The van der Waals surface area contributed by atoms with E-state index in [-0.39, 0.29) is 23.6 Å². The second-order valence-corrected chi connectivity index (χ2v) is 8.06. The highest BCUT2D eigenvalue weighted by Crippen LogP contribution is 2.24. The van der Waals surface area contributed by atoms with Crippen molar-refractivity contribution < 1.29 is 17.6 Å². The molecule has 6 nitrogen and oxygen atoms in total. The molecule has 1 aromatic carbocycles. The molecule has 0 saturated carbocycles. The molecule has 1 saturated heterocycles. The number of anilines is 1. The molecule has 2 heterocycles. The zero-order valence-corrected chi connectivity index (χ0v) is 14.3. The van der Waals surface area contributed by atoms with Gasteiger partial charge in [0.05, 0.1) is 17.8 Å². The van der Waals surface area contributed by atoms with Crippen LogP contribution < -0.4 is 5.32 Å². The summed E-state index contributed by atoms with van der Waals surface area (Å²) >= 11 is 0. The van der Waals surface area contributed by atoms with Gasteiger partial charge in [-0.25, -0.2) is 13.2 Å². The Labute approximate surface area is 141 Å². The number of amides is 2. The van der Waals surface area contributed by atoms with E-state index in [9.17, 15) is 13.2 Å². The fourth-order valence-corrected chi connectivity index (χ4v) is 4.71. The van der Waals surface area contributed by atoms with Gasteiger partial charge in [-0.05, 0) is 37.6 Å². The Morgan fingerprint density at radius 2 is 2.17 bits per heavy atom. The predicted molar refractivity (Wildman–Crippen MR) is 92.6 cm³/mol. The van der Waals surface area contributed by atoms with Crippen LogP contribution in [0.25, 0.3) is 11.3 Å². The minimum absolute atomic E-state index is 0.0424. The van der Waals surface area contributed by atoms with Gasteiger partial charge in [0.1, 0.15) is 5.76 Å². The fourth-order valence-electron chi connectivity index (χ4n) is 2.98. The van der Waals surface area contributed by atoms with Crippen LogP contribution in [0.2, 0.25) is 0 Å². The van der Waals surface area contributed by atoms with Crippen molar-refractivity contribution in [1.82, 2.24) is 4.90 Å². The summed E-state index contributed by atoms with van der Waals surface area (Å²) < 4.78 is 28.7. The van der Waals surface area contributed by atoms with Crippen LogP contribution in [0.5, 0.6) is 0 Å². The van der Waals surface area contributed by atoms with Gasteiger partial charge in [0.15, 0.2) is 9.84 Å². The van der Waals surface area contributed by atoms with Crippen LogP contribution in [0.1, 0.15) is 13.3 Å². The molecule has 1 aliphatic rings. The molecule has 7 heteroatoms. The van der Waals surface area contributed by atoms with E-state index in [4.69, 9.17) is 4.42 Å². The van der Waals surface area contributed by atoms with Gasteiger partial charge < -0.3 is 14.6 Å². The first kappa shape index (κ1) is 16.6. The van der Waals surface area contributed by atoms with Crippen molar-refractivity contribution in [3.8, 4) is 11.3 Å². The number of rotatable bonds is 4. The van der Waals surface area contributed by atoms with Crippen LogP contribution in [0.4, 0.5) is 10.5 Å². The zero-order valence-electron chi connectivity index (χ0n) is 13.4. The summed E-state index contributed by atoms with van der Waals surface area (Å²) in [6.45, 7) is 2.31. The lowest BCUT2D eigenvalue weighted by molar-refractivity contribution is 0.197. The molecule has 1 N–H and O–H groups in total. The van der Waals surface area contributed by atoms with Crippen molar-refractivity contribution in [3.05, 3.63) is 42.7 Å². The summed E-state index contributed by atoms with van der Waals surface area (Å²) in [6, 6.07) is 10.5. The molecule has 1 atom stereocenters. The summed E-state index contributed by atoms with van der Waals surface area (Å²) in [5.74, 6) is 0.913. The van der Waals surface area contributed by atoms with E-state index >= 15 is 0 Å². The van der Waals surface area contributed by atoms with E-state index < -0.39 is 9.84 Å². The van der Waals surface area contributed by atoms with E-state index in [0.29, 0.717) is 18.7 Å². The van der Waals surface area contributed by atoms with E-state index in [1.807, 2.05) is 31.2 Å². The third-order valence-electron chi connectivity index (χ3n) is 4.17. The fraction of sp³-hybridized carbons (Fsp3) is 0.353. The molecule has 0 unspecified atom stereocenters. The molecule has 1 aliphatic heterocycles. The van der Waals surface area contributed by atoms with Gasteiger partial charge in [0.2, 0.25) is 0 Å². The number of hydrogen-bond donors (Lipinski definition) is 1. The maximum Gasteiger partial charge on any atom is 0.322 e. The number of urea groups is 1. The molecule has 1 fully saturated rings. The maximum atomic E-state index is 12.5. The lowest BCUT2D eigenvalue weighted by Gasteiger charge is -2.27. The molecule has 128 valence electrons. The summed E-state index contributed by atoms with van der Waals surface area (Å²) in [4.78, 5) is 14.1. The van der Waals surface area contributed by atoms with E-state index in [1.54, 1.807) is 23.3 Å². The summed E-state index contributed by atoms with van der Waals surface area (Å²) in [5, 5.41) is 2.85. The van der Waals surface area contributed by atoms with Crippen LogP contribution in [-0.2, 0) is 9.84 Å². The Morgan fingerprint density at radius 3 is 2.79 bits per heavy atom. The van der Waals surface area contributed by atoms with Gasteiger partial charge in [0.25, 0.3) is 0 Å². The Hall–Kier alpha value is -2.28. The number of carbonyl (C=O) groups is 1. The van der Waals surface area contributed by atoms with Gasteiger partial charge >= 0.3 is 6.03 Å². The first-order valence-electron chi connectivity index (χ1n) is 7.90. The van der Waals surface area contributed by atoms with Crippen LogP contribution in [-0.4, -0.2) is 43.4 Å². The van der Waals surface area contributed by atoms with Crippen molar-refractivity contribution in [2.75, 3.05) is 23.4 Å². The number of carbonyl (C=O) groups excluding carboxylic acids is 1. The van der Waals surface area contributed by atoms with Gasteiger partial charge in [-0.15, -0.1) is 0 Å². The number of hydrogen-bond acceptors (Lipinski definition) is 4. The van der Waals surface area contributed by atoms with Crippen LogP contribution in [0, 0.1) is 0 Å². The van der Waals surface area contributed by atoms with Gasteiger partial charge in [-0.2, -0.15) is 0 Å². The molecule has 2 amide bonds. The normalized spacial score (nSPS) is 19.1. The second-order valence-electron chi connectivity index (χ2n) is 5.83. The Kier molecular flexibility index (Phi) is 4.62. The number of nitrogens with zero attached hydrogens (tertiary/aromatic N) is 1. The number of benzene rings is 1. The van der Waals surface area contributed by atoms with Crippen molar-refractivity contribution in [2.45, 2.75) is 19.4 Å². The smallest absolute Gasteiger partial charge is 0.322 e. The minimum Gasteiger partial charge on any atom is -0.464 e. The quantitative estimate of drug-likeness (QED) is 0.921. The van der Waals surface area contributed by atoms with Crippen molar-refractivity contribution in [1.29, 1.82) is 0 Å². The molecule has 0 spiro atoms. The number of sulfone groups is 1. The highest BCUT2D eigenvalue weighted by Gasteiger charge is 2.33. The molecular formula is C17H20N2O4S. The first-order valence-corrected chi connectivity index (χ1v) is 9.72. The van der Waals surface area contributed by atoms with E-state index in [0.717, 1.165) is 11.3 Å². The molecule has 1 aromatic heterocycles. The average molecular weight is 348 g/mol. The summed E-state index contributed by atoms with van der Waals surface area (Å²) in [7, 11) is -3.03. The van der Waals surface area contributed by atoms with Crippen molar-refractivity contribution >= 4 is 21.6 Å². The molecule has 2 aromatic rings. The average Bonchev–Trinajstić information content (AvgIpc) is 3.18. The lowest BCUT2D eigenvalue weighted by atomic mass is 10.1. The monoisotopic (exact) mass is 348 g/mol. The summed E-state index contributed by atoms with van der Waals surface area (Å²) in [6.07, 6.45) is 2.09. The molecule has 0 bridgehead atoms. The van der Waals surface area contributed by atoms with Crippen molar-refractivity contribution in [2.24, 2.45) is 0 Å². The van der Waals surface area contributed by atoms with Crippen LogP contribution in [0.15, 0.2) is 47.1 Å². The highest BCUT2D eigenvalue weighted by atomic mass is 32.2. The second kappa shape index (κ2) is 6.68. The Bertz CT molecular complexity index is 815. The largest absolute Gasteiger partial charge is 0.464 e. The third kappa shape index (κ3) is 3.62. The van der Waals surface area contributed by atoms with E-state index in [2.05, 4.69) is 5.32 Å². The highest BCUT2D eigenvalue weighted by molar-refractivity contribution is 7.91. The molecule has 0 aliphatic carbocycles. The molecule has 3 rings (SSSR count). The number of nitrogens with one attached hydrogen (secondary N) is 1. The minimum atomic E-state index is -3.03. The third-order valence-corrected chi connectivity index (χ3v) is 5.92. The number of furan rings is 1. The van der Waals surface area contributed by atoms with E-state index in [1.165, 1.54) is 0 Å². The molecule has 24 heavy (non-hydrogen) atoms. The Morgan fingerprint density at radius 1 is 1.33 bits per heavy atom. The van der Waals surface area contributed by atoms with Crippen LogP contribution >= 0.6 is 0 Å². The van der Waals surface area contributed by atoms with Crippen LogP contribution in [0.3, 0.4) is 0 Å². The zero-order chi connectivity index (χ0) is 17.2. The van der Waals surface area contributed by atoms with Gasteiger partial charge in [-0.1, -0.05) is 12.1 Å². The topological polar surface area (TPSA) is 79.6 Å². The summed E-state index contributed by atoms with van der Waals surface area (Å²) in [5.41, 5.74) is 1.51. The predicted octanol–water partition coefficient (Wildman–Crippen LogP) is 2.99. The first-order chi connectivity index (χ1) is 11.5. The van der Waals surface area contributed by atoms with Crippen molar-refractivity contribution in [3.63, 3.8) is 0 Å². The molecule has 0 radical (unpaired) electrons. The molecular weight excluding hydrogens is 328 g/mol. The SMILES string of the molecule is CCN(C(=O)Nc1cccc(-c2ccco2)c1)[C@@H]1CCS(=O)(=O)C1. The standard InChI is InChI=1S/C17H20N2O4S/c1-2-19(15-8-10-24(21,22)12-15)17(20)18-14-6-3-5-13(11-14)16-7-4-9-23-16/h3-7,9,11,15H,2,8,10,12H2,1H3,(H,18,20)/t15-/m1/s1. The Balaban J connectivity index is 1.73. The lowest BCUT2D eigenvalue weighted by Crippen LogP contribution is -2.43. The van der Waals surface area contributed by atoms with Gasteiger partial charge in [0, 0.05) is 23.8 Å².